The Bertz CT molecular complexity index is 3590. The van der Waals surface area contributed by atoms with Crippen LogP contribution >= 0.6 is 0 Å². The van der Waals surface area contributed by atoms with Crippen molar-refractivity contribution in [2.75, 3.05) is 4.90 Å². The van der Waals surface area contributed by atoms with Crippen molar-refractivity contribution in [3.8, 4) is 50.2 Å². The van der Waals surface area contributed by atoms with E-state index in [4.69, 9.17) is 0 Å². The molecule has 0 bridgehead atoms. The van der Waals surface area contributed by atoms with Gasteiger partial charge in [0.15, 0.2) is 0 Å². The fraction of sp³-hybridized carbons (Fsp3) is 0. The van der Waals surface area contributed by atoms with Crippen LogP contribution in [0.25, 0.3) is 93.5 Å². The molecular formula is C62H42N2. The Morgan fingerprint density at radius 2 is 0.766 bits per heavy atom. The third kappa shape index (κ3) is 6.52. The molecule has 0 saturated heterocycles. The first kappa shape index (κ1) is 37.3. The highest BCUT2D eigenvalue weighted by Crippen LogP contribution is 2.45. The second kappa shape index (κ2) is 15.8. The molecule has 0 unspecified atom stereocenters. The molecule has 12 aromatic rings. The number of para-hydroxylation sites is 2. The van der Waals surface area contributed by atoms with Crippen LogP contribution in [0.5, 0.6) is 0 Å². The molecular weight excluding hydrogens is 773 g/mol. The van der Waals surface area contributed by atoms with E-state index in [1.165, 1.54) is 87.9 Å². The SMILES string of the molecule is c1ccc(-c2ccc(N(c3ccc(-c4ccc(-n5c6ccccc6c6ccccc65)cc4)c(-c4ccccc4)c3)c3ccc(-c4ccc5ccccc5c4)c4ccccc34)cc2)cc1. The molecule has 0 radical (unpaired) electrons. The molecule has 12 rings (SSSR count). The van der Waals surface area contributed by atoms with Crippen LogP contribution in [0.3, 0.4) is 0 Å². The van der Waals surface area contributed by atoms with Crippen molar-refractivity contribution in [2.45, 2.75) is 0 Å². The van der Waals surface area contributed by atoms with E-state index in [0.29, 0.717) is 0 Å². The highest BCUT2D eigenvalue weighted by molar-refractivity contribution is 6.10. The highest BCUT2D eigenvalue weighted by atomic mass is 15.1. The summed E-state index contributed by atoms with van der Waals surface area (Å²) in [5.41, 5.74) is 16.3. The third-order valence-electron chi connectivity index (χ3n) is 12.8. The van der Waals surface area contributed by atoms with Gasteiger partial charge in [-0.3, -0.25) is 0 Å². The van der Waals surface area contributed by atoms with E-state index in [1.807, 2.05) is 0 Å². The van der Waals surface area contributed by atoms with Gasteiger partial charge in [-0.2, -0.15) is 0 Å². The lowest BCUT2D eigenvalue weighted by Crippen LogP contribution is -2.11. The summed E-state index contributed by atoms with van der Waals surface area (Å²) in [5, 5.41) is 7.41. The van der Waals surface area contributed by atoms with Crippen molar-refractivity contribution in [3.05, 3.63) is 255 Å². The minimum atomic E-state index is 1.08. The molecule has 0 N–H and O–H groups in total. The molecule has 11 aromatic carbocycles. The average Bonchev–Trinajstić information content (AvgIpc) is 3.71. The van der Waals surface area contributed by atoms with Gasteiger partial charge < -0.3 is 9.47 Å². The summed E-state index contributed by atoms with van der Waals surface area (Å²) in [4.78, 5) is 2.43. The van der Waals surface area contributed by atoms with Gasteiger partial charge in [0.05, 0.1) is 16.7 Å². The molecule has 1 aromatic heterocycles. The van der Waals surface area contributed by atoms with Crippen LogP contribution in [0.1, 0.15) is 0 Å². The largest absolute Gasteiger partial charge is 0.310 e. The monoisotopic (exact) mass is 814 g/mol. The van der Waals surface area contributed by atoms with Crippen LogP contribution in [0, 0.1) is 0 Å². The summed E-state index contributed by atoms with van der Waals surface area (Å²) in [5.74, 6) is 0. The van der Waals surface area contributed by atoms with E-state index >= 15 is 0 Å². The Morgan fingerprint density at radius 1 is 0.266 bits per heavy atom. The number of benzene rings is 11. The normalized spacial score (nSPS) is 11.4. The quantitative estimate of drug-likeness (QED) is 0.148. The minimum absolute atomic E-state index is 1.08. The smallest absolute Gasteiger partial charge is 0.0541 e. The van der Waals surface area contributed by atoms with E-state index < -0.39 is 0 Å². The summed E-state index contributed by atoms with van der Waals surface area (Å²) < 4.78 is 2.38. The lowest BCUT2D eigenvalue weighted by atomic mass is 9.92. The number of fused-ring (bicyclic) bond motifs is 5. The predicted octanol–water partition coefficient (Wildman–Crippen LogP) is 17.2. The fourth-order valence-electron chi connectivity index (χ4n) is 9.72. The molecule has 0 aliphatic rings. The van der Waals surface area contributed by atoms with Crippen LogP contribution < -0.4 is 4.90 Å². The molecule has 0 fully saturated rings. The number of hydrogen-bond acceptors (Lipinski definition) is 1. The van der Waals surface area contributed by atoms with Crippen molar-refractivity contribution in [1.82, 2.24) is 4.57 Å². The van der Waals surface area contributed by atoms with E-state index in [2.05, 4.69) is 264 Å². The lowest BCUT2D eigenvalue weighted by Gasteiger charge is -2.29. The predicted molar refractivity (Wildman–Crippen MR) is 272 cm³/mol. The standard InChI is InChI=1S/C62H42N2/c1-3-15-43(16-4-1)45-29-33-50(34-30-45)63(62-40-39-54(55-21-9-10-22-56(55)62)49-28-27-44-17-7-8-20-48(44)41-49)52-37-38-53(59(42-52)46-18-5-2-6-19-46)47-31-35-51(36-32-47)64-60-25-13-11-23-57(60)58-24-12-14-26-61(58)64/h1-42H. The molecule has 300 valence electrons. The van der Waals surface area contributed by atoms with Gasteiger partial charge in [0.1, 0.15) is 0 Å². The van der Waals surface area contributed by atoms with Crippen molar-refractivity contribution < 1.29 is 0 Å². The van der Waals surface area contributed by atoms with Gasteiger partial charge in [-0.25, -0.2) is 0 Å². The zero-order valence-corrected chi connectivity index (χ0v) is 35.1. The van der Waals surface area contributed by atoms with Gasteiger partial charge in [0.2, 0.25) is 0 Å². The van der Waals surface area contributed by atoms with Crippen LogP contribution in [0.2, 0.25) is 0 Å². The van der Waals surface area contributed by atoms with Crippen LogP contribution in [-0.4, -0.2) is 4.57 Å². The van der Waals surface area contributed by atoms with Gasteiger partial charge in [-0.15, -0.1) is 0 Å². The Morgan fingerprint density at radius 3 is 1.47 bits per heavy atom. The Balaban J connectivity index is 1.02. The molecule has 64 heavy (non-hydrogen) atoms. The lowest BCUT2D eigenvalue weighted by molar-refractivity contribution is 1.18. The molecule has 1 heterocycles. The minimum Gasteiger partial charge on any atom is -0.310 e. The number of rotatable bonds is 8. The van der Waals surface area contributed by atoms with Crippen molar-refractivity contribution in [1.29, 1.82) is 0 Å². The Labute approximate surface area is 373 Å². The van der Waals surface area contributed by atoms with Crippen LogP contribution in [0.15, 0.2) is 255 Å². The molecule has 0 saturated carbocycles. The van der Waals surface area contributed by atoms with Gasteiger partial charge in [-0.1, -0.05) is 194 Å². The zero-order valence-electron chi connectivity index (χ0n) is 35.1. The molecule has 0 amide bonds. The average molecular weight is 815 g/mol. The van der Waals surface area contributed by atoms with E-state index in [0.717, 1.165) is 22.7 Å². The molecule has 2 heteroatoms. The number of nitrogens with zero attached hydrogens (tertiary/aromatic N) is 2. The number of aromatic nitrogens is 1. The summed E-state index contributed by atoms with van der Waals surface area (Å²) in [6.07, 6.45) is 0. The van der Waals surface area contributed by atoms with Crippen molar-refractivity contribution in [2.24, 2.45) is 0 Å². The maximum absolute atomic E-state index is 2.43. The van der Waals surface area contributed by atoms with Crippen LogP contribution in [0.4, 0.5) is 17.1 Å². The molecule has 0 aliphatic heterocycles. The number of hydrogen-bond donors (Lipinski definition) is 0. The highest BCUT2D eigenvalue weighted by Gasteiger charge is 2.20. The molecule has 0 atom stereocenters. The second-order valence-corrected chi connectivity index (χ2v) is 16.5. The summed E-state index contributed by atoms with van der Waals surface area (Å²) in [6, 6.07) is 92.8. The first-order valence-electron chi connectivity index (χ1n) is 22.0. The summed E-state index contributed by atoms with van der Waals surface area (Å²) >= 11 is 0. The van der Waals surface area contributed by atoms with E-state index in [1.54, 1.807) is 0 Å². The Hall–Kier alpha value is -8.46. The Kier molecular flexibility index (Phi) is 9.20. The maximum atomic E-state index is 2.43. The fourth-order valence-corrected chi connectivity index (χ4v) is 9.72. The van der Waals surface area contributed by atoms with Gasteiger partial charge in [0.25, 0.3) is 0 Å². The van der Waals surface area contributed by atoms with E-state index in [9.17, 15) is 0 Å². The first-order chi connectivity index (χ1) is 31.7. The van der Waals surface area contributed by atoms with Gasteiger partial charge >= 0.3 is 0 Å². The summed E-state index contributed by atoms with van der Waals surface area (Å²) in [7, 11) is 0. The van der Waals surface area contributed by atoms with Gasteiger partial charge in [-0.05, 0) is 121 Å². The molecule has 0 spiro atoms. The van der Waals surface area contributed by atoms with Crippen molar-refractivity contribution in [3.63, 3.8) is 0 Å². The second-order valence-electron chi connectivity index (χ2n) is 16.5. The maximum Gasteiger partial charge on any atom is 0.0541 e. The third-order valence-corrected chi connectivity index (χ3v) is 12.8. The van der Waals surface area contributed by atoms with E-state index in [-0.39, 0.29) is 0 Å². The molecule has 2 nitrogen and oxygen atoms in total. The molecule has 0 aliphatic carbocycles. The van der Waals surface area contributed by atoms with Crippen LogP contribution in [-0.2, 0) is 0 Å². The number of anilines is 3. The summed E-state index contributed by atoms with van der Waals surface area (Å²) in [6.45, 7) is 0. The first-order valence-corrected chi connectivity index (χ1v) is 22.0. The van der Waals surface area contributed by atoms with Gasteiger partial charge in [0, 0.05) is 33.2 Å². The topological polar surface area (TPSA) is 8.17 Å². The zero-order chi connectivity index (χ0) is 42.4. The van der Waals surface area contributed by atoms with Crippen molar-refractivity contribution >= 4 is 60.4 Å².